The lowest BCUT2D eigenvalue weighted by molar-refractivity contribution is -0.159. The van der Waals surface area contributed by atoms with Crippen molar-refractivity contribution in [2.45, 2.75) is 51.7 Å². The van der Waals surface area contributed by atoms with E-state index < -0.39 is 23.1 Å². The third kappa shape index (κ3) is 5.89. The summed E-state index contributed by atoms with van der Waals surface area (Å²) in [6.45, 7) is 8.12. The van der Waals surface area contributed by atoms with Gasteiger partial charge in [-0.25, -0.2) is 9.59 Å². The van der Waals surface area contributed by atoms with Gasteiger partial charge in [0.15, 0.2) is 5.54 Å². The van der Waals surface area contributed by atoms with E-state index in [2.05, 4.69) is 4.99 Å². The van der Waals surface area contributed by atoms with Crippen LogP contribution in [0.3, 0.4) is 0 Å². The first-order valence-corrected chi connectivity index (χ1v) is 11.1. The fraction of sp³-hybridized carbons (Fsp3) is 0.370. The molecule has 3 rings (SSSR count). The van der Waals surface area contributed by atoms with Crippen molar-refractivity contribution in [1.29, 1.82) is 0 Å². The van der Waals surface area contributed by atoms with Gasteiger partial charge in [0.2, 0.25) is 0 Å². The molecule has 0 aliphatic carbocycles. The summed E-state index contributed by atoms with van der Waals surface area (Å²) in [5, 5.41) is 0. The normalized spacial score (nSPS) is 17.1. The Bertz CT molecular complexity index is 1070. The second-order valence-electron chi connectivity index (χ2n) is 8.98. The molecule has 1 aliphatic rings. The highest BCUT2D eigenvalue weighted by Gasteiger charge is 2.41. The molecule has 0 fully saturated rings. The molecule has 1 unspecified atom stereocenters. The maximum Gasteiger partial charge on any atom is 0.338 e. The number of ether oxygens (including phenoxy) is 3. The van der Waals surface area contributed by atoms with Gasteiger partial charge in [-0.15, -0.1) is 0 Å². The molecule has 0 spiro atoms. The van der Waals surface area contributed by atoms with Crippen LogP contribution in [0, 0.1) is 0 Å². The smallest absolute Gasteiger partial charge is 0.338 e. The summed E-state index contributed by atoms with van der Waals surface area (Å²) in [4.78, 5) is 29.6. The molecule has 6 nitrogen and oxygen atoms in total. The summed E-state index contributed by atoms with van der Waals surface area (Å²) in [6.07, 6.45) is 6.31. The molecule has 1 heterocycles. The molecular formula is C27H31NO5. The van der Waals surface area contributed by atoms with Crippen LogP contribution in [0.5, 0.6) is 5.75 Å². The van der Waals surface area contributed by atoms with Crippen molar-refractivity contribution in [3.63, 3.8) is 0 Å². The number of carbonyl (C=O) groups excluding carboxylic acids is 2. The molecule has 2 aromatic rings. The van der Waals surface area contributed by atoms with Gasteiger partial charge in [-0.3, -0.25) is 4.99 Å². The number of allylic oxidation sites excluding steroid dienone is 1. The molecule has 33 heavy (non-hydrogen) atoms. The fourth-order valence-corrected chi connectivity index (χ4v) is 3.57. The maximum absolute atomic E-state index is 13.1. The minimum atomic E-state index is -1.15. The summed E-state index contributed by atoms with van der Waals surface area (Å²) in [5.74, 6) is -0.100. The van der Waals surface area contributed by atoms with E-state index in [1.807, 2.05) is 58.0 Å². The Morgan fingerprint density at radius 1 is 1.06 bits per heavy atom. The molecule has 0 amide bonds. The minimum Gasteiger partial charge on any atom is -0.493 e. The first-order chi connectivity index (χ1) is 15.7. The Morgan fingerprint density at radius 2 is 1.82 bits per heavy atom. The average Bonchev–Trinajstić information content (AvgIpc) is 3.26. The van der Waals surface area contributed by atoms with Crippen molar-refractivity contribution in [3.05, 3.63) is 65.7 Å². The first-order valence-electron chi connectivity index (χ1n) is 11.1. The molecule has 0 bridgehead atoms. The summed E-state index contributed by atoms with van der Waals surface area (Å²) >= 11 is 0. The highest BCUT2D eigenvalue weighted by molar-refractivity contribution is 5.92. The van der Waals surface area contributed by atoms with E-state index in [4.69, 9.17) is 14.2 Å². The monoisotopic (exact) mass is 449 g/mol. The lowest BCUT2D eigenvalue weighted by atomic mass is 9.89. The van der Waals surface area contributed by atoms with E-state index in [0.717, 1.165) is 23.1 Å². The lowest BCUT2D eigenvalue weighted by Gasteiger charge is -2.28. The van der Waals surface area contributed by atoms with Gasteiger partial charge in [-0.05, 0) is 80.3 Å². The van der Waals surface area contributed by atoms with Crippen molar-refractivity contribution in [3.8, 4) is 16.9 Å². The van der Waals surface area contributed by atoms with Gasteiger partial charge >= 0.3 is 11.9 Å². The van der Waals surface area contributed by atoms with Crippen LogP contribution in [0.4, 0.5) is 0 Å². The fourth-order valence-electron chi connectivity index (χ4n) is 3.57. The number of rotatable bonds is 8. The van der Waals surface area contributed by atoms with Crippen LogP contribution in [0.25, 0.3) is 11.1 Å². The number of esters is 2. The summed E-state index contributed by atoms with van der Waals surface area (Å²) in [7, 11) is 1.36. The Morgan fingerprint density at radius 3 is 2.45 bits per heavy atom. The first kappa shape index (κ1) is 24.2. The van der Waals surface area contributed by atoms with Crippen LogP contribution in [0.2, 0.25) is 0 Å². The molecule has 1 aliphatic heterocycles. The van der Waals surface area contributed by atoms with Crippen LogP contribution >= 0.6 is 0 Å². The zero-order chi connectivity index (χ0) is 24.1. The van der Waals surface area contributed by atoms with E-state index in [1.54, 1.807) is 30.5 Å². The highest BCUT2D eigenvalue weighted by atomic mass is 16.6. The molecule has 0 N–H and O–H groups in total. The lowest BCUT2D eigenvalue weighted by Crippen LogP contribution is -2.41. The van der Waals surface area contributed by atoms with Crippen LogP contribution in [-0.2, 0) is 20.7 Å². The van der Waals surface area contributed by atoms with Gasteiger partial charge < -0.3 is 14.2 Å². The second-order valence-corrected chi connectivity index (χ2v) is 8.98. The van der Waals surface area contributed by atoms with E-state index in [9.17, 15) is 9.59 Å². The van der Waals surface area contributed by atoms with E-state index in [0.29, 0.717) is 24.3 Å². The SMILES string of the molecule is CCCOc1ccc(-c2cccc(C(=O)OC)c2)cc1CC1(C(=O)OC(C)(C)C)C=CC=N1. The van der Waals surface area contributed by atoms with Crippen molar-refractivity contribution in [2.75, 3.05) is 13.7 Å². The second kappa shape index (κ2) is 10.0. The van der Waals surface area contributed by atoms with E-state index in [-0.39, 0.29) is 0 Å². The van der Waals surface area contributed by atoms with Crippen LogP contribution in [-0.4, -0.2) is 43.0 Å². The predicted molar refractivity (Wildman–Crippen MR) is 129 cm³/mol. The van der Waals surface area contributed by atoms with Crippen molar-refractivity contribution < 1.29 is 23.8 Å². The molecular weight excluding hydrogens is 418 g/mol. The maximum atomic E-state index is 13.1. The zero-order valence-corrected chi connectivity index (χ0v) is 19.9. The largest absolute Gasteiger partial charge is 0.493 e. The van der Waals surface area contributed by atoms with Crippen molar-refractivity contribution in [2.24, 2.45) is 4.99 Å². The van der Waals surface area contributed by atoms with E-state index >= 15 is 0 Å². The number of hydrogen-bond donors (Lipinski definition) is 0. The molecule has 0 radical (unpaired) electrons. The topological polar surface area (TPSA) is 74.2 Å². The number of benzene rings is 2. The summed E-state index contributed by atoms with van der Waals surface area (Å²) in [5.41, 5.74) is 1.27. The summed E-state index contributed by atoms with van der Waals surface area (Å²) < 4.78 is 16.5. The van der Waals surface area contributed by atoms with Crippen molar-refractivity contribution >= 4 is 18.2 Å². The Hall–Kier alpha value is -3.41. The zero-order valence-electron chi connectivity index (χ0n) is 19.9. The van der Waals surface area contributed by atoms with Gasteiger partial charge in [-0.2, -0.15) is 0 Å². The van der Waals surface area contributed by atoms with Gasteiger partial charge in [-0.1, -0.05) is 25.1 Å². The molecule has 0 saturated carbocycles. The minimum absolute atomic E-state index is 0.290. The highest BCUT2D eigenvalue weighted by Crippen LogP contribution is 2.34. The molecule has 2 aromatic carbocycles. The number of nitrogens with zero attached hydrogens (tertiary/aromatic N) is 1. The molecule has 1 atom stereocenters. The Balaban J connectivity index is 2.02. The van der Waals surface area contributed by atoms with Gasteiger partial charge in [0.1, 0.15) is 11.4 Å². The number of methoxy groups -OCH3 is 1. The number of hydrogen-bond acceptors (Lipinski definition) is 6. The Labute approximate surface area is 195 Å². The van der Waals surface area contributed by atoms with E-state index in [1.165, 1.54) is 7.11 Å². The van der Waals surface area contributed by atoms with Gasteiger partial charge in [0.25, 0.3) is 0 Å². The third-order valence-electron chi connectivity index (χ3n) is 5.11. The standard InChI is InChI=1S/C27H31NO5/c1-6-15-32-23-12-11-20(19-9-7-10-21(16-19)24(29)31-5)17-22(23)18-27(13-8-14-28-27)25(30)33-26(2,3)4/h7-14,16-17H,6,15,18H2,1-5H3. The Kier molecular flexibility index (Phi) is 7.36. The van der Waals surface area contributed by atoms with Gasteiger partial charge in [0, 0.05) is 12.6 Å². The summed E-state index contributed by atoms with van der Waals surface area (Å²) in [6, 6.07) is 13.1. The van der Waals surface area contributed by atoms with Gasteiger partial charge in [0.05, 0.1) is 19.3 Å². The third-order valence-corrected chi connectivity index (χ3v) is 5.11. The quantitative estimate of drug-likeness (QED) is 0.518. The van der Waals surface area contributed by atoms with Crippen molar-refractivity contribution in [1.82, 2.24) is 0 Å². The molecule has 0 saturated heterocycles. The molecule has 6 heteroatoms. The molecule has 0 aromatic heterocycles. The number of aliphatic imine (C=N–C) groups is 1. The van der Waals surface area contributed by atoms with Crippen LogP contribution in [0.1, 0.15) is 50.0 Å². The predicted octanol–water partition coefficient (Wildman–Crippen LogP) is 5.19. The molecule has 174 valence electrons. The number of carbonyl (C=O) groups is 2. The van der Waals surface area contributed by atoms with Crippen LogP contribution < -0.4 is 4.74 Å². The average molecular weight is 450 g/mol. The van der Waals surface area contributed by atoms with Crippen LogP contribution in [0.15, 0.2) is 59.6 Å².